The second kappa shape index (κ2) is 4.13. The third kappa shape index (κ3) is 1.78. The third-order valence-corrected chi connectivity index (χ3v) is 3.38. The van der Waals surface area contributed by atoms with E-state index in [2.05, 4.69) is 21.9 Å². The van der Waals surface area contributed by atoms with Crippen LogP contribution in [0.5, 0.6) is 0 Å². The first-order valence-corrected chi connectivity index (χ1v) is 6.02. The molecule has 1 aliphatic rings. The van der Waals surface area contributed by atoms with Crippen LogP contribution in [0.1, 0.15) is 0 Å². The van der Waals surface area contributed by atoms with Gasteiger partial charge >= 0.3 is 0 Å². The summed E-state index contributed by atoms with van der Waals surface area (Å²) < 4.78 is 15.2. The standard InChI is InChI=1S/C12H16FN5/c1-16-4-6-17(7-5-16)18-11-8-9(13)2-3-10(11)15-12(18)14/h2-3,8H,4-7H2,1H3,(H2,14,15). The zero-order valence-electron chi connectivity index (χ0n) is 10.3. The maximum atomic E-state index is 13.3. The molecule has 3 rings (SSSR count). The second-order valence-corrected chi connectivity index (χ2v) is 4.67. The number of halogens is 1. The monoisotopic (exact) mass is 249 g/mol. The molecule has 5 nitrogen and oxygen atoms in total. The highest BCUT2D eigenvalue weighted by Crippen LogP contribution is 2.20. The van der Waals surface area contributed by atoms with E-state index in [0.717, 1.165) is 37.2 Å². The van der Waals surface area contributed by atoms with Crippen molar-refractivity contribution < 1.29 is 4.39 Å². The summed E-state index contributed by atoms with van der Waals surface area (Å²) in [6.07, 6.45) is 0. The highest BCUT2D eigenvalue weighted by Gasteiger charge is 2.19. The van der Waals surface area contributed by atoms with Crippen LogP contribution in [-0.2, 0) is 0 Å². The van der Waals surface area contributed by atoms with Crippen molar-refractivity contribution in [3.05, 3.63) is 24.0 Å². The smallest absolute Gasteiger partial charge is 0.220 e. The van der Waals surface area contributed by atoms with Gasteiger partial charge in [0.1, 0.15) is 5.82 Å². The molecule has 0 unspecified atom stereocenters. The fourth-order valence-corrected chi connectivity index (χ4v) is 2.35. The van der Waals surface area contributed by atoms with Gasteiger partial charge in [-0.15, -0.1) is 0 Å². The van der Waals surface area contributed by atoms with Crippen LogP contribution >= 0.6 is 0 Å². The van der Waals surface area contributed by atoms with Gasteiger partial charge in [-0.1, -0.05) is 0 Å². The summed E-state index contributed by atoms with van der Waals surface area (Å²) >= 11 is 0. The number of aromatic nitrogens is 2. The molecule has 0 amide bonds. The second-order valence-electron chi connectivity index (χ2n) is 4.67. The summed E-state index contributed by atoms with van der Waals surface area (Å²) in [5, 5.41) is 2.12. The first-order valence-electron chi connectivity index (χ1n) is 6.02. The zero-order valence-corrected chi connectivity index (χ0v) is 10.3. The Morgan fingerprint density at radius 3 is 2.67 bits per heavy atom. The molecule has 96 valence electrons. The Hall–Kier alpha value is -1.82. The molecule has 1 saturated heterocycles. The lowest BCUT2D eigenvalue weighted by Gasteiger charge is -2.35. The Morgan fingerprint density at radius 2 is 1.94 bits per heavy atom. The van der Waals surface area contributed by atoms with E-state index in [9.17, 15) is 4.39 Å². The van der Waals surface area contributed by atoms with Crippen LogP contribution in [0.2, 0.25) is 0 Å². The Bertz CT molecular complexity index is 571. The number of hydrogen-bond donors (Lipinski definition) is 1. The molecule has 2 aromatic rings. The summed E-state index contributed by atoms with van der Waals surface area (Å²) in [5.41, 5.74) is 7.41. The Morgan fingerprint density at radius 1 is 1.22 bits per heavy atom. The number of hydrogen-bond acceptors (Lipinski definition) is 4. The molecular weight excluding hydrogens is 233 g/mol. The largest absolute Gasteiger partial charge is 0.368 e. The number of nitrogens with zero attached hydrogens (tertiary/aromatic N) is 4. The van der Waals surface area contributed by atoms with Gasteiger partial charge in [0.25, 0.3) is 0 Å². The molecular formula is C12H16FN5. The van der Waals surface area contributed by atoms with Crippen molar-refractivity contribution >= 4 is 17.0 Å². The minimum Gasteiger partial charge on any atom is -0.368 e. The van der Waals surface area contributed by atoms with Crippen molar-refractivity contribution in [3.63, 3.8) is 0 Å². The fourth-order valence-electron chi connectivity index (χ4n) is 2.35. The molecule has 2 N–H and O–H groups in total. The van der Waals surface area contributed by atoms with Gasteiger partial charge in [-0.3, -0.25) is 0 Å². The van der Waals surface area contributed by atoms with Crippen LogP contribution in [0.25, 0.3) is 11.0 Å². The molecule has 0 saturated carbocycles. The molecule has 18 heavy (non-hydrogen) atoms. The van der Waals surface area contributed by atoms with E-state index < -0.39 is 0 Å². The van der Waals surface area contributed by atoms with Gasteiger partial charge in [0.15, 0.2) is 0 Å². The first kappa shape index (κ1) is 11.3. The number of nitrogens with two attached hydrogens (primary N) is 1. The Kier molecular flexibility index (Phi) is 2.59. The van der Waals surface area contributed by atoms with Crippen molar-refractivity contribution in [2.75, 3.05) is 44.0 Å². The minimum atomic E-state index is -0.266. The van der Waals surface area contributed by atoms with Gasteiger partial charge in [-0.25, -0.2) is 14.1 Å². The molecule has 1 aromatic carbocycles. The topological polar surface area (TPSA) is 50.3 Å². The van der Waals surface area contributed by atoms with Gasteiger partial charge < -0.3 is 15.6 Å². The fraction of sp³-hybridized carbons (Fsp3) is 0.417. The van der Waals surface area contributed by atoms with E-state index in [1.807, 2.05) is 4.68 Å². The number of likely N-dealkylation sites (N-methyl/N-ethyl adjacent to an activating group) is 1. The molecule has 2 heterocycles. The van der Waals surface area contributed by atoms with E-state index in [1.165, 1.54) is 12.1 Å². The molecule has 0 aliphatic carbocycles. The van der Waals surface area contributed by atoms with Crippen LogP contribution in [0.3, 0.4) is 0 Å². The van der Waals surface area contributed by atoms with Gasteiger partial charge in [-0.2, -0.15) is 0 Å². The first-order chi connectivity index (χ1) is 8.65. The Labute approximate surface area is 105 Å². The van der Waals surface area contributed by atoms with E-state index in [1.54, 1.807) is 6.07 Å². The molecule has 1 aromatic heterocycles. The summed E-state index contributed by atoms with van der Waals surface area (Å²) in [4.78, 5) is 6.52. The van der Waals surface area contributed by atoms with E-state index >= 15 is 0 Å². The summed E-state index contributed by atoms with van der Waals surface area (Å²) in [7, 11) is 2.09. The number of piperazine rings is 1. The molecule has 1 aliphatic heterocycles. The number of fused-ring (bicyclic) bond motifs is 1. The summed E-state index contributed by atoms with van der Waals surface area (Å²) in [6.45, 7) is 3.66. The van der Waals surface area contributed by atoms with Gasteiger partial charge in [0.2, 0.25) is 5.95 Å². The summed E-state index contributed by atoms with van der Waals surface area (Å²) in [5.74, 6) is 0.151. The molecule has 0 atom stereocenters. The number of anilines is 1. The van der Waals surface area contributed by atoms with Crippen molar-refractivity contribution in [1.29, 1.82) is 0 Å². The van der Waals surface area contributed by atoms with Crippen LogP contribution in [-0.4, -0.2) is 47.8 Å². The maximum absolute atomic E-state index is 13.3. The average Bonchev–Trinajstić information content (AvgIpc) is 2.66. The lowest BCUT2D eigenvalue weighted by atomic mass is 10.3. The molecule has 0 bridgehead atoms. The zero-order chi connectivity index (χ0) is 12.7. The predicted molar refractivity (Wildman–Crippen MR) is 69.6 cm³/mol. The number of imidazole rings is 1. The SMILES string of the molecule is CN1CCN(n2c(N)nc3ccc(F)cc32)CC1. The van der Waals surface area contributed by atoms with Gasteiger partial charge in [0, 0.05) is 32.2 Å². The minimum absolute atomic E-state index is 0.266. The maximum Gasteiger partial charge on any atom is 0.220 e. The highest BCUT2D eigenvalue weighted by molar-refractivity contribution is 5.78. The van der Waals surface area contributed by atoms with Gasteiger partial charge in [-0.05, 0) is 19.2 Å². The number of benzene rings is 1. The summed E-state index contributed by atoms with van der Waals surface area (Å²) in [6, 6.07) is 4.55. The molecule has 6 heteroatoms. The lowest BCUT2D eigenvalue weighted by molar-refractivity contribution is 0.290. The quantitative estimate of drug-likeness (QED) is 0.806. The van der Waals surface area contributed by atoms with Crippen molar-refractivity contribution in [2.45, 2.75) is 0 Å². The van der Waals surface area contributed by atoms with E-state index in [0.29, 0.717) is 5.95 Å². The average molecular weight is 249 g/mol. The highest BCUT2D eigenvalue weighted by atomic mass is 19.1. The molecule has 1 fully saturated rings. The third-order valence-electron chi connectivity index (χ3n) is 3.38. The molecule has 0 spiro atoms. The van der Waals surface area contributed by atoms with Crippen LogP contribution < -0.4 is 10.7 Å². The normalized spacial score (nSPS) is 17.6. The molecule has 0 radical (unpaired) electrons. The van der Waals surface area contributed by atoms with Crippen LogP contribution in [0.4, 0.5) is 10.3 Å². The van der Waals surface area contributed by atoms with Crippen molar-refractivity contribution in [1.82, 2.24) is 14.6 Å². The van der Waals surface area contributed by atoms with Gasteiger partial charge in [0.05, 0.1) is 11.0 Å². The Balaban J connectivity index is 2.05. The van der Waals surface area contributed by atoms with Crippen molar-refractivity contribution in [2.24, 2.45) is 0 Å². The van der Waals surface area contributed by atoms with Crippen LogP contribution in [0, 0.1) is 5.82 Å². The van der Waals surface area contributed by atoms with Crippen molar-refractivity contribution in [3.8, 4) is 0 Å². The van der Waals surface area contributed by atoms with E-state index in [-0.39, 0.29) is 5.82 Å². The lowest BCUT2D eigenvalue weighted by Crippen LogP contribution is -2.50. The predicted octanol–water partition coefficient (Wildman–Crippen LogP) is 0.641. The van der Waals surface area contributed by atoms with E-state index in [4.69, 9.17) is 5.73 Å². The number of rotatable bonds is 1. The van der Waals surface area contributed by atoms with Crippen LogP contribution in [0.15, 0.2) is 18.2 Å². The number of nitrogen functional groups attached to an aromatic ring is 1.